The molecule has 0 aliphatic carbocycles. The van der Waals surface area contributed by atoms with E-state index in [0.717, 1.165) is 18.4 Å². The highest BCUT2D eigenvalue weighted by atomic mass is 35.5. The van der Waals surface area contributed by atoms with E-state index < -0.39 is 0 Å². The van der Waals surface area contributed by atoms with E-state index >= 15 is 0 Å². The van der Waals surface area contributed by atoms with Crippen LogP contribution in [-0.2, 0) is 11.2 Å². The molecule has 22 heavy (non-hydrogen) atoms. The van der Waals surface area contributed by atoms with Crippen molar-refractivity contribution in [1.29, 1.82) is 0 Å². The summed E-state index contributed by atoms with van der Waals surface area (Å²) >= 11 is 5.76. The minimum atomic E-state index is -0.239. The van der Waals surface area contributed by atoms with Crippen LogP contribution < -0.4 is 10.1 Å². The summed E-state index contributed by atoms with van der Waals surface area (Å²) in [4.78, 5) is 11.6. The van der Waals surface area contributed by atoms with Crippen molar-refractivity contribution in [2.75, 3.05) is 13.2 Å². The maximum Gasteiger partial charge on any atom is 0.257 e. The first-order valence-corrected chi connectivity index (χ1v) is 7.41. The largest absolute Gasteiger partial charge is 0.484 e. The number of halogens is 2. The van der Waals surface area contributed by atoms with Gasteiger partial charge >= 0.3 is 0 Å². The summed E-state index contributed by atoms with van der Waals surface area (Å²) in [5, 5.41) is 3.40. The SMILES string of the molecule is O=C(COc1ccc(Cl)cc1)NCCCc1ccc(F)cc1. The molecule has 0 unspecified atom stereocenters. The van der Waals surface area contributed by atoms with Gasteiger partial charge < -0.3 is 10.1 Å². The fraction of sp³-hybridized carbons (Fsp3) is 0.235. The van der Waals surface area contributed by atoms with E-state index in [9.17, 15) is 9.18 Å². The zero-order chi connectivity index (χ0) is 15.8. The average Bonchev–Trinajstić information content (AvgIpc) is 2.53. The van der Waals surface area contributed by atoms with Crippen molar-refractivity contribution in [2.45, 2.75) is 12.8 Å². The third-order valence-corrected chi connectivity index (χ3v) is 3.31. The number of nitrogens with one attached hydrogen (secondary N) is 1. The first kappa shape index (κ1) is 16.3. The van der Waals surface area contributed by atoms with Gasteiger partial charge in [0.25, 0.3) is 5.91 Å². The van der Waals surface area contributed by atoms with Crippen molar-refractivity contribution in [2.24, 2.45) is 0 Å². The second kappa shape index (κ2) is 8.39. The fourth-order valence-electron chi connectivity index (χ4n) is 1.90. The Kier molecular flexibility index (Phi) is 6.22. The minimum Gasteiger partial charge on any atom is -0.484 e. The molecule has 0 bridgehead atoms. The molecule has 5 heteroatoms. The second-order valence-corrected chi connectivity index (χ2v) is 5.26. The standard InChI is InChI=1S/C17H17ClFNO2/c18-14-5-9-16(10-6-14)22-12-17(21)20-11-1-2-13-3-7-15(19)8-4-13/h3-10H,1-2,11-12H2,(H,20,21). The van der Waals surface area contributed by atoms with Gasteiger partial charge in [-0.05, 0) is 54.8 Å². The van der Waals surface area contributed by atoms with E-state index in [2.05, 4.69) is 5.32 Å². The maximum atomic E-state index is 12.7. The summed E-state index contributed by atoms with van der Waals surface area (Å²) < 4.78 is 18.1. The Morgan fingerprint density at radius 3 is 2.45 bits per heavy atom. The van der Waals surface area contributed by atoms with Gasteiger partial charge in [-0.15, -0.1) is 0 Å². The van der Waals surface area contributed by atoms with Crippen molar-refractivity contribution >= 4 is 17.5 Å². The zero-order valence-corrected chi connectivity index (χ0v) is 12.8. The Morgan fingerprint density at radius 2 is 1.77 bits per heavy atom. The van der Waals surface area contributed by atoms with Crippen LogP contribution in [0.1, 0.15) is 12.0 Å². The van der Waals surface area contributed by atoms with E-state index in [-0.39, 0.29) is 18.3 Å². The summed E-state index contributed by atoms with van der Waals surface area (Å²) in [6, 6.07) is 13.2. The van der Waals surface area contributed by atoms with Gasteiger partial charge in [0.2, 0.25) is 0 Å². The Bertz CT molecular complexity index is 599. The molecule has 116 valence electrons. The number of amides is 1. The summed E-state index contributed by atoms with van der Waals surface area (Å²) in [5.74, 6) is 0.191. The molecule has 1 amide bonds. The summed E-state index contributed by atoms with van der Waals surface area (Å²) in [7, 11) is 0. The first-order valence-electron chi connectivity index (χ1n) is 7.03. The smallest absolute Gasteiger partial charge is 0.257 e. The van der Waals surface area contributed by atoms with Crippen LogP contribution in [0.4, 0.5) is 4.39 Å². The summed E-state index contributed by atoms with van der Waals surface area (Å²) in [6.45, 7) is 0.526. The van der Waals surface area contributed by atoms with Crippen molar-refractivity contribution in [3.05, 3.63) is 64.9 Å². The number of carbonyl (C=O) groups is 1. The van der Waals surface area contributed by atoms with Gasteiger partial charge in [0, 0.05) is 11.6 Å². The summed E-state index contributed by atoms with van der Waals surface area (Å²) in [5.41, 5.74) is 1.05. The van der Waals surface area contributed by atoms with Crippen LogP contribution in [0.3, 0.4) is 0 Å². The predicted molar refractivity (Wildman–Crippen MR) is 84.7 cm³/mol. The fourth-order valence-corrected chi connectivity index (χ4v) is 2.03. The van der Waals surface area contributed by atoms with Crippen molar-refractivity contribution in [3.63, 3.8) is 0 Å². The van der Waals surface area contributed by atoms with Gasteiger partial charge in [-0.25, -0.2) is 4.39 Å². The van der Waals surface area contributed by atoms with Crippen LogP contribution in [0, 0.1) is 5.82 Å². The number of hydrogen-bond acceptors (Lipinski definition) is 2. The lowest BCUT2D eigenvalue weighted by molar-refractivity contribution is -0.123. The highest BCUT2D eigenvalue weighted by Crippen LogP contribution is 2.15. The van der Waals surface area contributed by atoms with E-state index in [4.69, 9.17) is 16.3 Å². The molecule has 0 atom stereocenters. The molecule has 0 aliphatic heterocycles. The maximum absolute atomic E-state index is 12.7. The molecule has 2 rings (SSSR count). The Labute approximate surface area is 134 Å². The van der Waals surface area contributed by atoms with Crippen molar-refractivity contribution in [3.8, 4) is 5.75 Å². The molecule has 2 aromatic carbocycles. The first-order chi connectivity index (χ1) is 10.6. The lowest BCUT2D eigenvalue weighted by atomic mass is 10.1. The highest BCUT2D eigenvalue weighted by molar-refractivity contribution is 6.30. The molecule has 1 N–H and O–H groups in total. The van der Waals surface area contributed by atoms with Crippen LogP contribution in [0.2, 0.25) is 5.02 Å². The van der Waals surface area contributed by atoms with E-state index in [1.165, 1.54) is 12.1 Å². The Hall–Kier alpha value is -2.07. The number of hydrogen-bond donors (Lipinski definition) is 1. The third kappa shape index (κ3) is 5.74. The number of carbonyl (C=O) groups excluding carboxylic acids is 1. The molecule has 0 radical (unpaired) electrons. The topological polar surface area (TPSA) is 38.3 Å². The van der Waals surface area contributed by atoms with Crippen molar-refractivity contribution in [1.82, 2.24) is 5.32 Å². The minimum absolute atomic E-state index is 0.0296. The zero-order valence-electron chi connectivity index (χ0n) is 12.0. The van der Waals surface area contributed by atoms with Gasteiger partial charge in [-0.1, -0.05) is 23.7 Å². The van der Waals surface area contributed by atoms with Gasteiger partial charge in [0.1, 0.15) is 11.6 Å². The van der Waals surface area contributed by atoms with E-state index in [0.29, 0.717) is 17.3 Å². The molecule has 0 heterocycles. The van der Waals surface area contributed by atoms with Crippen molar-refractivity contribution < 1.29 is 13.9 Å². The van der Waals surface area contributed by atoms with Crippen LogP contribution in [0.5, 0.6) is 5.75 Å². The van der Waals surface area contributed by atoms with Gasteiger partial charge in [0.15, 0.2) is 6.61 Å². The molecule has 0 aliphatic rings. The molecule has 0 saturated heterocycles. The normalized spacial score (nSPS) is 10.3. The molecular formula is C17H17ClFNO2. The second-order valence-electron chi connectivity index (χ2n) is 4.82. The Balaban J connectivity index is 1.61. The predicted octanol–water partition coefficient (Wildman–Crippen LogP) is 3.61. The molecule has 2 aromatic rings. The highest BCUT2D eigenvalue weighted by Gasteiger charge is 2.02. The Morgan fingerprint density at radius 1 is 1.09 bits per heavy atom. The monoisotopic (exact) mass is 321 g/mol. The quantitative estimate of drug-likeness (QED) is 0.791. The van der Waals surface area contributed by atoms with Crippen LogP contribution in [0.15, 0.2) is 48.5 Å². The molecule has 0 saturated carbocycles. The molecule has 0 fully saturated rings. The molecule has 0 spiro atoms. The summed E-state index contributed by atoms with van der Waals surface area (Å²) in [6.07, 6.45) is 1.58. The van der Waals surface area contributed by atoms with Crippen LogP contribution >= 0.6 is 11.6 Å². The van der Waals surface area contributed by atoms with Crippen LogP contribution in [-0.4, -0.2) is 19.1 Å². The molecule has 3 nitrogen and oxygen atoms in total. The van der Waals surface area contributed by atoms with Gasteiger partial charge in [-0.3, -0.25) is 4.79 Å². The van der Waals surface area contributed by atoms with E-state index in [1.54, 1.807) is 36.4 Å². The van der Waals surface area contributed by atoms with Gasteiger partial charge in [-0.2, -0.15) is 0 Å². The number of benzene rings is 2. The van der Waals surface area contributed by atoms with Gasteiger partial charge in [0.05, 0.1) is 0 Å². The number of ether oxygens (including phenoxy) is 1. The van der Waals surface area contributed by atoms with Crippen LogP contribution in [0.25, 0.3) is 0 Å². The number of aryl methyl sites for hydroxylation is 1. The number of rotatable bonds is 7. The lowest BCUT2D eigenvalue weighted by Gasteiger charge is -2.07. The van der Waals surface area contributed by atoms with E-state index in [1.807, 2.05) is 0 Å². The molecule has 0 aromatic heterocycles. The lowest BCUT2D eigenvalue weighted by Crippen LogP contribution is -2.29. The third-order valence-electron chi connectivity index (χ3n) is 3.06. The average molecular weight is 322 g/mol. The molecular weight excluding hydrogens is 305 g/mol.